The average molecular weight is 294 g/mol. The monoisotopic (exact) mass is 294 g/mol. The molecule has 0 aromatic carbocycles. The lowest BCUT2D eigenvalue weighted by Crippen LogP contribution is -2.26. The van der Waals surface area contributed by atoms with Gasteiger partial charge in [-0.25, -0.2) is 9.79 Å². The zero-order valence-electron chi connectivity index (χ0n) is 13.1. The quantitative estimate of drug-likeness (QED) is 0.486. The van der Waals surface area contributed by atoms with E-state index in [-0.39, 0.29) is 28.2 Å². The third kappa shape index (κ3) is 4.73. The number of allylic oxidation sites excluding steroid dienone is 2. The molecule has 0 aromatic heterocycles. The minimum absolute atomic E-state index is 0.00840. The molecule has 21 heavy (non-hydrogen) atoms. The summed E-state index contributed by atoms with van der Waals surface area (Å²) in [7, 11) is 4.74. The van der Waals surface area contributed by atoms with Gasteiger partial charge in [0.25, 0.3) is 0 Å². The molecular weight excluding hydrogens is 272 g/mol. The molecule has 1 N–H and O–H groups in total. The summed E-state index contributed by atoms with van der Waals surface area (Å²) >= 11 is 0. The van der Waals surface area contributed by atoms with Crippen LogP contribution in [0.2, 0.25) is 0 Å². The molecule has 1 aliphatic rings. The van der Waals surface area contributed by atoms with Gasteiger partial charge < -0.3 is 14.7 Å². The van der Waals surface area contributed by atoms with Crippen LogP contribution in [0.4, 0.5) is 0 Å². The van der Waals surface area contributed by atoms with Crippen molar-refractivity contribution in [3.05, 3.63) is 23.2 Å². The summed E-state index contributed by atoms with van der Waals surface area (Å²) in [5.41, 5.74) is -0.0493. The standard InChI is InChI=1S/C15H22N2O4/c1-15(2)6-12(18)10(13(19)7-15)8-16-11(9-17(3)4)14(20)21-5/h8-9,18H,6-7H2,1-5H3/b11-9-,16-8?. The lowest BCUT2D eigenvalue weighted by atomic mass is 9.77. The Bertz CT molecular complexity index is 528. The van der Waals surface area contributed by atoms with E-state index in [1.54, 1.807) is 19.0 Å². The van der Waals surface area contributed by atoms with Gasteiger partial charge in [-0.05, 0) is 5.41 Å². The Morgan fingerprint density at radius 1 is 1.38 bits per heavy atom. The topological polar surface area (TPSA) is 79.2 Å². The van der Waals surface area contributed by atoms with E-state index in [1.807, 2.05) is 13.8 Å². The highest BCUT2D eigenvalue weighted by Gasteiger charge is 2.32. The molecule has 1 aliphatic carbocycles. The van der Waals surface area contributed by atoms with Crippen LogP contribution in [0, 0.1) is 5.41 Å². The van der Waals surface area contributed by atoms with E-state index in [2.05, 4.69) is 9.73 Å². The number of aliphatic hydroxyl groups is 1. The summed E-state index contributed by atoms with van der Waals surface area (Å²) < 4.78 is 4.63. The smallest absolute Gasteiger partial charge is 0.358 e. The maximum atomic E-state index is 12.0. The molecule has 0 saturated carbocycles. The van der Waals surface area contributed by atoms with Gasteiger partial charge in [-0.15, -0.1) is 0 Å². The number of rotatable bonds is 4. The van der Waals surface area contributed by atoms with Crippen LogP contribution in [0.15, 0.2) is 28.2 Å². The van der Waals surface area contributed by atoms with E-state index < -0.39 is 5.97 Å². The van der Waals surface area contributed by atoms with Crippen LogP contribution < -0.4 is 0 Å². The lowest BCUT2D eigenvalue weighted by molar-refractivity contribution is -0.136. The molecule has 0 radical (unpaired) electrons. The zero-order valence-corrected chi connectivity index (χ0v) is 13.1. The predicted octanol–water partition coefficient (Wildman–Crippen LogP) is 1.83. The number of hydrogen-bond acceptors (Lipinski definition) is 6. The van der Waals surface area contributed by atoms with E-state index in [1.165, 1.54) is 19.5 Å². The number of ether oxygens (including phenoxy) is 1. The number of carbonyl (C=O) groups is 2. The number of methoxy groups -OCH3 is 1. The van der Waals surface area contributed by atoms with Crippen LogP contribution in [0.3, 0.4) is 0 Å². The third-order valence-corrected chi connectivity index (χ3v) is 3.00. The number of aliphatic imine (C=N–C) groups is 1. The molecule has 0 amide bonds. The average Bonchev–Trinajstić information content (AvgIpc) is 2.33. The predicted molar refractivity (Wildman–Crippen MR) is 80.0 cm³/mol. The first kappa shape index (κ1) is 16.9. The first-order valence-corrected chi connectivity index (χ1v) is 6.62. The molecule has 0 atom stereocenters. The van der Waals surface area contributed by atoms with Crippen LogP contribution in [0.1, 0.15) is 26.7 Å². The molecule has 116 valence electrons. The molecule has 1 rings (SSSR count). The van der Waals surface area contributed by atoms with Gasteiger partial charge >= 0.3 is 5.97 Å². The Morgan fingerprint density at radius 2 is 2.00 bits per heavy atom. The summed E-state index contributed by atoms with van der Waals surface area (Å²) in [6.07, 6.45) is 3.46. The van der Waals surface area contributed by atoms with Crippen molar-refractivity contribution in [3.63, 3.8) is 0 Å². The summed E-state index contributed by atoms with van der Waals surface area (Å²) in [5.74, 6) is -0.778. The number of nitrogens with zero attached hydrogens (tertiary/aromatic N) is 2. The zero-order chi connectivity index (χ0) is 16.2. The summed E-state index contributed by atoms with van der Waals surface area (Å²) in [5, 5.41) is 9.99. The Hall–Kier alpha value is -2.11. The van der Waals surface area contributed by atoms with Crippen molar-refractivity contribution in [1.29, 1.82) is 0 Å². The largest absolute Gasteiger partial charge is 0.511 e. The molecule has 0 fully saturated rings. The van der Waals surface area contributed by atoms with E-state index in [0.717, 1.165) is 0 Å². The lowest BCUT2D eigenvalue weighted by Gasteiger charge is -2.28. The van der Waals surface area contributed by atoms with Crippen LogP contribution >= 0.6 is 0 Å². The minimum atomic E-state index is -0.608. The van der Waals surface area contributed by atoms with Crippen LogP contribution in [0.25, 0.3) is 0 Å². The summed E-state index contributed by atoms with van der Waals surface area (Å²) in [6.45, 7) is 3.84. The molecule has 0 aromatic rings. The first-order chi connectivity index (χ1) is 9.66. The van der Waals surface area contributed by atoms with Crippen LogP contribution in [0.5, 0.6) is 0 Å². The van der Waals surface area contributed by atoms with Crippen molar-refractivity contribution < 1.29 is 19.4 Å². The minimum Gasteiger partial charge on any atom is -0.511 e. The van der Waals surface area contributed by atoms with E-state index in [4.69, 9.17) is 0 Å². The van der Waals surface area contributed by atoms with E-state index in [0.29, 0.717) is 12.8 Å². The van der Waals surface area contributed by atoms with Crippen molar-refractivity contribution in [2.45, 2.75) is 26.7 Å². The van der Waals surface area contributed by atoms with Gasteiger partial charge in [0.2, 0.25) is 0 Å². The fraction of sp³-hybridized carbons (Fsp3) is 0.533. The van der Waals surface area contributed by atoms with Gasteiger partial charge in [0.1, 0.15) is 5.76 Å². The Morgan fingerprint density at radius 3 is 2.48 bits per heavy atom. The van der Waals surface area contributed by atoms with Gasteiger partial charge in [-0.1, -0.05) is 13.8 Å². The van der Waals surface area contributed by atoms with Gasteiger partial charge in [-0.3, -0.25) is 4.79 Å². The Labute approximate surface area is 124 Å². The first-order valence-electron chi connectivity index (χ1n) is 6.62. The number of ketones is 1. The number of carbonyl (C=O) groups excluding carboxylic acids is 2. The number of esters is 1. The van der Waals surface area contributed by atoms with E-state index >= 15 is 0 Å². The number of hydrogen-bond donors (Lipinski definition) is 1. The Balaban J connectivity index is 3.07. The number of Topliss-reactive ketones (excluding diaryl/α,β-unsaturated/α-hetero) is 1. The van der Waals surface area contributed by atoms with Gasteiger partial charge in [-0.2, -0.15) is 0 Å². The second-order valence-corrected chi connectivity index (χ2v) is 6.03. The van der Waals surface area contributed by atoms with Gasteiger partial charge in [0, 0.05) is 39.4 Å². The molecule has 0 bridgehead atoms. The van der Waals surface area contributed by atoms with Crippen molar-refractivity contribution in [2.75, 3.05) is 21.2 Å². The summed E-state index contributed by atoms with van der Waals surface area (Å²) in [4.78, 5) is 29.3. The second kappa shape index (κ2) is 6.56. The van der Waals surface area contributed by atoms with Crippen molar-refractivity contribution in [3.8, 4) is 0 Å². The Kier molecular flexibility index (Phi) is 5.29. The molecule has 6 nitrogen and oxygen atoms in total. The van der Waals surface area contributed by atoms with Crippen molar-refractivity contribution >= 4 is 18.0 Å². The molecule has 0 saturated heterocycles. The SMILES string of the molecule is COC(=O)/C(=C/N(C)C)N=CC1=C(O)CC(C)(C)CC1=O. The molecule has 0 heterocycles. The highest BCUT2D eigenvalue weighted by molar-refractivity contribution is 6.15. The second-order valence-electron chi connectivity index (χ2n) is 6.03. The fourth-order valence-corrected chi connectivity index (χ4v) is 2.07. The molecule has 0 unspecified atom stereocenters. The fourth-order valence-electron chi connectivity index (χ4n) is 2.07. The normalized spacial score (nSPS) is 19.1. The molecular formula is C15H22N2O4. The maximum absolute atomic E-state index is 12.0. The van der Waals surface area contributed by atoms with Crippen molar-refractivity contribution in [1.82, 2.24) is 4.90 Å². The van der Waals surface area contributed by atoms with E-state index in [9.17, 15) is 14.7 Å². The molecule has 0 spiro atoms. The van der Waals surface area contributed by atoms with Gasteiger partial charge in [0.05, 0.1) is 12.7 Å². The highest BCUT2D eigenvalue weighted by atomic mass is 16.5. The maximum Gasteiger partial charge on any atom is 0.358 e. The highest BCUT2D eigenvalue weighted by Crippen LogP contribution is 2.35. The van der Waals surface area contributed by atoms with Crippen LogP contribution in [-0.4, -0.2) is 49.2 Å². The third-order valence-electron chi connectivity index (χ3n) is 3.00. The van der Waals surface area contributed by atoms with Crippen LogP contribution in [-0.2, 0) is 14.3 Å². The van der Waals surface area contributed by atoms with Crippen molar-refractivity contribution in [2.24, 2.45) is 10.4 Å². The number of aliphatic hydroxyl groups excluding tert-OH is 1. The molecule has 6 heteroatoms. The van der Waals surface area contributed by atoms with Gasteiger partial charge in [0.15, 0.2) is 11.5 Å². The summed E-state index contributed by atoms with van der Waals surface area (Å²) in [6, 6.07) is 0. The molecule has 0 aliphatic heterocycles.